The van der Waals surface area contributed by atoms with Gasteiger partial charge in [-0.1, -0.05) is 6.92 Å². The molecule has 29 heavy (non-hydrogen) atoms. The minimum atomic E-state index is -0.546. The summed E-state index contributed by atoms with van der Waals surface area (Å²) in [5.41, 5.74) is 0.838. The summed E-state index contributed by atoms with van der Waals surface area (Å²) in [6.45, 7) is 5.94. The van der Waals surface area contributed by atoms with Crippen LogP contribution in [0.15, 0.2) is 17.5 Å². The summed E-state index contributed by atoms with van der Waals surface area (Å²) in [6.07, 6.45) is 0.932. The van der Waals surface area contributed by atoms with Gasteiger partial charge in [0.05, 0.1) is 21.7 Å². The molecule has 1 amide bonds. The molecule has 9 nitrogen and oxygen atoms in total. The molecule has 0 radical (unpaired) electrons. The summed E-state index contributed by atoms with van der Waals surface area (Å²) in [6, 6.07) is 2.72. The van der Waals surface area contributed by atoms with Crippen LogP contribution >= 0.6 is 11.3 Å². The molecule has 4 rings (SSSR count). The van der Waals surface area contributed by atoms with Crippen molar-refractivity contribution in [3.63, 3.8) is 0 Å². The molecule has 10 heteroatoms. The molecule has 0 atom stereocenters. The Morgan fingerprint density at radius 3 is 2.52 bits per heavy atom. The first-order chi connectivity index (χ1) is 14.0. The molecular formula is C19H22N4O5S. The molecule has 2 aliphatic heterocycles. The van der Waals surface area contributed by atoms with Crippen LogP contribution in [0.2, 0.25) is 0 Å². The van der Waals surface area contributed by atoms with Crippen LogP contribution in [0, 0.1) is 10.1 Å². The molecule has 0 bridgehead atoms. The normalized spacial score (nSPS) is 16.7. The molecule has 0 N–H and O–H groups in total. The van der Waals surface area contributed by atoms with Crippen LogP contribution in [-0.4, -0.2) is 65.0 Å². The van der Waals surface area contributed by atoms with E-state index in [9.17, 15) is 14.9 Å². The van der Waals surface area contributed by atoms with Gasteiger partial charge in [-0.15, -0.1) is 11.3 Å². The van der Waals surface area contributed by atoms with E-state index >= 15 is 0 Å². The zero-order valence-corrected chi connectivity index (χ0v) is 16.9. The summed E-state index contributed by atoms with van der Waals surface area (Å²) in [4.78, 5) is 32.5. The number of hydrogen-bond acceptors (Lipinski definition) is 8. The van der Waals surface area contributed by atoms with Crippen molar-refractivity contribution in [2.24, 2.45) is 0 Å². The Bertz CT molecular complexity index is 923. The number of ether oxygens (including phenoxy) is 2. The fraction of sp³-hybridized carbons (Fsp3) is 0.474. The number of carbonyl (C=O) groups is 1. The number of aryl methyl sites for hydroxylation is 1. The van der Waals surface area contributed by atoms with E-state index in [-0.39, 0.29) is 17.2 Å². The minimum absolute atomic E-state index is 0.0415. The lowest BCUT2D eigenvalue weighted by molar-refractivity contribution is -0.385. The second-order valence-electron chi connectivity index (χ2n) is 6.92. The first-order valence-corrected chi connectivity index (χ1v) is 10.5. The van der Waals surface area contributed by atoms with Gasteiger partial charge < -0.3 is 14.4 Å². The molecule has 0 saturated carbocycles. The third-order valence-corrected chi connectivity index (χ3v) is 6.08. The first kappa shape index (κ1) is 19.6. The third-order valence-electron chi connectivity index (χ3n) is 5.03. The number of aromatic nitrogens is 1. The van der Waals surface area contributed by atoms with Gasteiger partial charge in [0.25, 0.3) is 11.6 Å². The average Bonchev–Trinajstić information content (AvgIpc) is 3.20. The Morgan fingerprint density at radius 2 is 1.90 bits per heavy atom. The van der Waals surface area contributed by atoms with E-state index in [1.807, 2.05) is 0 Å². The van der Waals surface area contributed by atoms with Gasteiger partial charge in [0.1, 0.15) is 18.8 Å². The zero-order valence-electron chi connectivity index (χ0n) is 16.1. The van der Waals surface area contributed by atoms with Gasteiger partial charge in [0, 0.05) is 44.2 Å². The van der Waals surface area contributed by atoms with Crippen molar-refractivity contribution in [1.29, 1.82) is 0 Å². The van der Waals surface area contributed by atoms with Gasteiger partial charge in [0.2, 0.25) is 0 Å². The second kappa shape index (κ2) is 8.34. The highest BCUT2D eigenvalue weighted by Crippen LogP contribution is 2.37. The van der Waals surface area contributed by atoms with Crippen LogP contribution in [0.3, 0.4) is 0 Å². The van der Waals surface area contributed by atoms with Crippen molar-refractivity contribution in [3.8, 4) is 11.5 Å². The van der Waals surface area contributed by atoms with Crippen LogP contribution in [0.5, 0.6) is 11.5 Å². The van der Waals surface area contributed by atoms with Crippen molar-refractivity contribution in [2.45, 2.75) is 19.9 Å². The molecule has 154 valence electrons. The SMILES string of the molecule is CCc1nc(CN2CCN(C(=O)c3cc4c(cc3[N+](=O)[O-])OCCO4)CC2)cs1. The standard InChI is InChI=1S/C19H22N4O5S/c1-2-18-20-13(12-29-18)11-21-3-5-22(6-4-21)19(24)14-9-16-17(28-8-7-27-16)10-15(14)23(25)26/h9-10,12H,2-8,11H2,1H3. The Hall–Kier alpha value is -2.72. The topological polar surface area (TPSA) is 98.0 Å². The molecule has 1 aromatic heterocycles. The third kappa shape index (κ3) is 4.18. The molecule has 1 saturated heterocycles. The van der Waals surface area contributed by atoms with Crippen molar-refractivity contribution in [3.05, 3.63) is 43.9 Å². The largest absolute Gasteiger partial charge is 0.486 e. The number of carbonyl (C=O) groups excluding carboxylic acids is 1. The van der Waals surface area contributed by atoms with Crippen molar-refractivity contribution < 1.29 is 19.2 Å². The highest BCUT2D eigenvalue weighted by atomic mass is 32.1. The van der Waals surface area contributed by atoms with Crippen molar-refractivity contribution in [1.82, 2.24) is 14.8 Å². The number of fused-ring (bicyclic) bond motifs is 1. The number of thiazole rings is 1. The number of nitro groups is 1. The lowest BCUT2D eigenvalue weighted by Gasteiger charge is -2.34. The minimum Gasteiger partial charge on any atom is -0.486 e. The molecule has 1 fully saturated rings. The maximum Gasteiger partial charge on any atom is 0.286 e. The first-order valence-electron chi connectivity index (χ1n) is 9.58. The second-order valence-corrected chi connectivity index (χ2v) is 7.87. The summed E-state index contributed by atoms with van der Waals surface area (Å²) < 4.78 is 10.9. The molecule has 3 heterocycles. The van der Waals surface area contributed by atoms with Gasteiger partial charge >= 0.3 is 0 Å². The number of benzene rings is 1. The number of piperazine rings is 1. The summed E-state index contributed by atoms with van der Waals surface area (Å²) in [7, 11) is 0. The van der Waals surface area contributed by atoms with Crippen LogP contribution in [0.1, 0.15) is 28.0 Å². The van der Waals surface area contributed by atoms with E-state index in [0.29, 0.717) is 50.9 Å². The van der Waals surface area contributed by atoms with Gasteiger partial charge in [0.15, 0.2) is 11.5 Å². The summed E-state index contributed by atoms with van der Waals surface area (Å²) in [5, 5.41) is 14.7. The Morgan fingerprint density at radius 1 is 1.21 bits per heavy atom. The van der Waals surface area contributed by atoms with Crippen LogP contribution in [-0.2, 0) is 13.0 Å². The predicted molar refractivity (Wildman–Crippen MR) is 107 cm³/mol. The lowest BCUT2D eigenvalue weighted by atomic mass is 10.1. The van der Waals surface area contributed by atoms with Gasteiger partial charge in [-0.05, 0) is 6.42 Å². The van der Waals surface area contributed by atoms with Crippen LogP contribution in [0.4, 0.5) is 5.69 Å². The number of nitrogens with zero attached hydrogens (tertiary/aromatic N) is 4. The summed E-state index contributed by atoms with van der Waals surface area (Å²) >= 11 is 1.67. The highest BCUT2D eigenvalue weighted by molar-refractivity contribution is 7.09. The molecule has 0 unspecified atom stereocenters. The van der Waals surface area contributed by atoms with Gasteiger partial charge in [-0.2, -0.15) is 0 Å². The molecule has 2 aromatic rings. The number of amides is 1. The van der Waals surface area contributed by atoms with E-state index in [1.165, 1.54) is 12.1 Å². The average molecular weight is 418 g/mol. The van der Waals surface area contributed by atoms with E-state index in [0.717, 1.165) is 23.7 Å². The Labute approximate surface area is 172 Å². The maximum atomic E-state index is 13.0. The van der Waals surface area contributed by atoms with Crippen LogP contribution in [0.25, 0.3) is 0 Å². The monoisotopic (exact) mass is 418 g/mol. The summed E-state index contributed by atoms with van der Waals surface area (Å²) in [5.74, 6) is 0.327. The predicted octanol–water partition coefficient (Wildman–Crippen LogP) is 2.34. The maximum absolute atomic E-state index is 13.0. The fourth-order valence-corrected chi connectivity index (χ4v) is 4.23. The quantitative estimate of drug-likeness (QED) is 0.543. The van der Waals surface area contributed by atoms with Crippen LogP contribution < -0.4 is 9.47 Å². The highest BCUT2D eigenvalue weighted by Gasteiger charge is 2.31. The molecule has 1 aromatic carbocycles. The zero-order chi connectivity index (χ0) is 20.4. The van der Waals surface area contributed by atoms with E-state index in [4.69, 9.17) is 9.47 Å². The Kier molecular flexibility index (Phi) is 5.63. The molecule has 2 aliphatic rings. The molecule has 0 aliphatic carbocycles. The number of nitro benzene ring substituents is 1. The number of rotatable bonds is 5. The Balaban J connectivity index is 1.44. The van der Waals surface area contributed by atoms with Crippen molar-refractivity contribution in [2.75, 3.05) is 39.4 Å². The molecule has 0 spiro atoms. The van der Waals surface area contributed by atoms with Crippen molar-refractivity contribution >= 4 is 22.9 Å². The lowest BCUT2D eigenvalue weighted by Crippen LogP contribution is -2.48. The molecular weight excluding hydrogens is 396 g/mol. The van der Waals surface area contributed by atoms with E-state index < -0.39 is 4.92 Å². The van der Waals surface area contributed by atoms with Gasteiger partial charge in [-0.25, -0.2) is 4.98 Å². The van der Waals surface area contributed by atoms with Gasteiger partial charge in [-0.3, -0.25) is 19.8 Å². The number of hydrogen-bond donors (Lipinski definition) is 0. The fourth-order valence-electron chi connectivity index (χ4n) is 3.49. The smallest absolute Gasteiger partial charge is 0.286 e. The van der Waals surface area contributed by atoms with E-state index in [1.54, 1.807) is 16.2 Å². The van der Waals surface area contributed by atoms with E-state index in [2.05, 4.69) is 22.2 Å².